The number of amides is 1. The molecule has 2 aromatic carbocycles. The van der Waals surface area contributed by atoms with Crippen molar-refractivity contribution in [1.29, 1.82) is 0 Å². The van der Waals surface area contributed by atoms with Crippen molar-refractivity contribution in [2.75, 3.05) is 19.5 Å². The highest BCUT2D eigenvalue weighted by molar-refractivity contribution is 5.92. The van der Waals surface area contributed by atoms with Gasteiger partial charge in [0, 0.05) is 25.7 Å². The van der Waals surface area contributed by atoms with E-state index in [1.54, 1.807) is 31.3 Å². The van der Waals surface area contributed by atoms with Gasteiger partial charge in [0.25, 0.3) is 5.91 Å². The number of rotatable bonds is 7. The van der Waals surface area contributed by atoms with E-state index >= 15 is 0 Å². The van der Waals surface area contributed by atoms with E-state index in [2.05, 4.69) is 10.3 Å². The SMILES string of the molecule is COc1ccccc1CNc1ccc(C(=O)N(C)Cc2ccccc2)nc1. The van der Waals surface area contributed by atoms with Crippen LogP contribution in [0.3, 0.4) is 0 Å². The van der Waals surface area contributed by atoms with Crippen LogP contribution < -0.4 is 10.1 Å². The number of ether oxygens (including phenoxy) is 1. The van der Waals surface area contributed by atoms with E-state index < -0.39 is 0 Å². The van der Waals surface area contributed by atoms with Gasteiger partial charge in [-0.1, -0.05) is 48.5 Å². The molecule has 0 spiro atoms. The highest BCUT2D eigenvalue weighted by atomic mass is 16.5. The highest BCUT2D eigenvalue weighted by Gasteiger charge is 2.13. The summed E-state index contributed by atoms with van der Waals surface area (Å²) in [6, 6.07) is 21.4. The first-order valence-electron chi connectivity index (χ1n) is 8.78. The van der Waals surface area contributed by atoms with E-state index in [4.69, 9.17) is 4.74 Å². The molecule has 0 unspecified atom stereocenters. The Morgan fingerprint density at radius 3 is 2.48 bits per heavy atom. The van der Waals surface area contributed by atoms with Crippen molar-refractivity contribution in [3.63, 3.8) is 0 Å². The number of nitrogens with zero attached hydrogens (tertiary/aromatic N) is 2. The van der Waals surface area contributed by atoms with Crippen LogP contribution in [0, 0.1) is 0 Å². The zero-order valence-corrected chi connectivity index (χ0v) is 15.6. The van der Waals surface area contributed by atoms with Gasteiger partial charge in [-0.3, -0.25) is 4.79 Å². The van der Waals surface area contributed by atoms with Crippen molar-refractivity contribution in [3.05, 3.63) is 89.7 Å². The van der Waals surface area contributed by atoms with E-state index in [1.807, 2.05) is 60.7 Å². The summed E-state index contributed by atoms with van der Waals surface area (Å²) in [4.78, 5) is 18.5. The molecule has 3 rings (SSSR count). The molecule has 0 saturated heterocycles. The van der Waals surface area contributed by atoms with E-state index in [-0.39, 0.29) is 5.91 Å². The molecule has 1 amide bonds. The average molecular weight is 361 g/mol. The zero-order chi connectivity index (χ0) is 19.1. The van der Waals surface area contributed by atoms with Gasteiger partial charge in [0.05, 0.1) is 19.0 Å². The summed E-state index contributed by atoms with van der Waals surface area (Å²) < 4.78 is 5.35. The number of aromatic nitrogens is 1. The van der Waals surface area contributed by atoms with Gasteiger partial charge in [0.1, 0.15) is 11.4 Å². The minimum absolute atomic E-state index is 0.102. The molecule has 0 bridgehead atoms. The smallest absolute Gasteiger partial charge is 0.272 e. The summed E-state index contributed by atoms with van der Waals surface area (Å²) in [6.45, 7) is 1.17. The second-order valence-corrected chi connectivity index (χ2v) is 6.24. The van der Waals surface area contributed by atoms with Crippen molar-refractivity contribution >= 4 is 11.6 Å². The minimum Gasteiger partial charge on any atom is -0.496 e. The third-order valence-corrected chi connectivity index (χ3v) is 4.27. The number of carbonyl (C=O) groups is 1. The van der Waals surface area contributed by atoms with Crippen LogP contribution in [0.1, 0.15) is 21.6 Å². The molecule has 5 heteroatoms. The fourth-order valence-electron chi connectivity index (χ4n) is 2.80. The Kier molecular flexibility index (Phi) is 6.05. The van der Waals surface area contributed by atoms with Crippen molar-refractivity contribution in [1.82, 2.24) is 9.88 Å². The molecule has 27 heavy (non-hydrogen) atoms. The maximum absolute atomic E-state index is 12.5. The Bertz CT molecular complexity index is 880. The van der Waals surface area contributed by atoms with Crippen LogP contribution in [0.5, 0.6) is 5.75 Å². The number of pyridine rings is 1. The summed E-state index contributed by atoms with van der Waals surface area (Å²) in [5, 5.41) is 3.30. The first-order chi connectivity index (χ1) is 13.2. The molecule has 0 aliphatic carbocycles. The lowest BCUT2D eigenvalue weighted by Crippen LogP contribution is -2.26. The summed E-state index contributed by atoms with van der Waals surface area (Å²) in [6.07, 6.45) is 1.68. The molecule has 3 aromatic rings. The average Bonchev–Trinajstić information content (AvgIpc) is 2.73. The first-order valence-corrected chi connectivity index (χ1v) is 8.78. The quantitative estimate of drug-likeness (QED) is 0.692. The molecule has 0 aliphatic rings. The van der Waals surface area contributed by atoms with Gasteiger partial charge >= 0.3 is 0 Å². The maximum atomic E-state index is 12.5. The van der Waals surface area contributed by atoms with Gasteiger partial charge in [0.15, 0.2) is 0 Å². The third-order valence-electron chi connectivity index (χ3n) is 4.27. The van der Waals surface area contributed by atoms with Crippen molar-refractivity contribution in [3.8, 4) is 5.75 Å². The molecule has 0 fully saturated rings. The minimum atomic E-state index is -0.102. The van der Waals surface area contributed by atoms with Gasteiger partial charge < -0.3 is 15.0 Å². The number of benzene rings is 2. The first kappa shape index (κ1) is 18.5. The Hall–Kier alpha value is -3.34. The summed E-state index contributed by atoms with van der Waals surface area (Å²) in [7, 11) is 3.44. The normalized spacial score (nSPS) is 10.3. The monoisotopic (exact) mass is 361 g/mol. The summed E-state index contributed by atoms with van der Waals surface area (Å²) >= 11 is 0. The molecule has 1 N–H and O–H groups in total. The topological polar surface area (TPSA) is 54.5 Å². The van der Waals surface area contributed by atoms with Gasteiger partial charge in [-0.15, -0.1) is 0 Å². The van der Waals surface area contributed by atoms with Gasteiger partial charge in [-0.25, -0.2) is 4.98 Å². The number of para-hydroxylation sites is 1. The van der Waals surface area contributed by atoms with Crippen LogP contribution >= 0.6 is 0 Å². The lowest BCUT2D eigenvalue weighted by molar-refractivity contribution is 0.0779. The van der Waals surface area contributed by atoms with Crippen LogP contribution in [0.2, 0.25) is 0 Å². The molecule has 0 atom stereocenters. The molecule has 1 aromatic heterocycles. The van der Waals surface area contributed by atoms with Crippen LogP contribution in [0.15, 0.2) is 72.9 Å². The van der Waals surface area contributed by atoms with Crippen molar-refractivity contribution in [2.24, 2.45) is 0 Å². The fourth-order valence-corrected chi connectivity index (χ4v) is 2.80. The van der Waals surface area contributed by atoms with Crippen LogP contribution in [-0.4, -0.2) is 29.9 Å². The van der Waals surface area contributed by atoms with Gasteiger partial charge in [-0.2, -0.15) is 0 Å². The molecule has 1 heterocycles. The Balaban J connectivity index is 1.60. The van der Waals surface area contributed by atoms with Gasteiger partial charge in [0.2, 0.25) is 0 Å². The highest BCUT2D eigenvalue weighted by Crippen LogP contribution is 2.19. The predicted molar refractivity (Wildman–Crippen MR) is 107 cm³/mol. The number of nitrogens with one attached hydrogen (secondary N) is 1. The Labute approximate surface area is 159 Å². The Morgan fingerprint density at radius 1 is 1.04 bits per heavy atom. The van der Waals surface area contributed by atoms with Crippen LogP contribution in [0.25, 0.3) is 0 Å². The van der Waals surface area contributed by atoms with Crippen molar-refractivity contribution < 1.29 is 9.53 Å². The van der Waals surface area contributed by atoms with Gasteiger partial charge in [-0.05, 0) is 23.8 Å². The molecular formula is C22H23N3O2. The number of methoxy groups -OCH3 is 1. The number of hydrogen-bond acceptors (Lipinski definition) is 4. The number of carbonyl (C=O) groups excluding carboxylic acids is 1. The second-order valence-electron chi connectivity index (χ2n) is 6.24. The van der Waals surface area contributed by atoms with E-state index in [9.17, 15) is 4.79 Å². The lowest BCUT2D eigenvalue weighted by atomic mass is 10.2. The van der Waals surface area contributed by atoms with Crippen molar-refractivity contribution in [2.45, 2.75) is 13.1 Å². The molecule has 0 aliphatic heterocycles. The Morgan fingerprint density at radius 2 is 1.78 bits per heavy atom. The second kappa shape index (κ2) is 8.85. The van der Waals surface area contributed by atoms with Crippen LogP contribution in [-0.2, 0) is 13.1 Å². The number of anilines is 1. The molecule has 5 nitrogen and oxygen atoms in total. The predicted octanol–water partition coefficient (Wildman–Crippen LogP) is 3.97. The third kappa shape index (κ3) is 4.85. The molecule has 138 valence electrons. The fraction of sp³-hybridized carbons (Fsp3) is 0.182. The molecule has 0 radical (unpaired) electrons. The number of hydrogen-bond donors (Lipinski definition) is 1. The summed E-state index contributed by atoms with van der Waals surface area (Å²) in [5.41, 5.74) is 3.42. The summed E-state index contributed by atoms with van der Waals surface area (Å²) in [5.74, 6) is 0.738. The maximum Gasteiger partial charge on any atom is 0.272 e. The zero-order valence-electron chi connectivity index (χ0n) is 15.6. The largest absolute Gasteiger partial charge is 0.496 e. The van der Waals surface area contributed by atoms with E-state index in [0.29, 0.717) is 18.8 Å². The molecule has 0 saturated carbocycles. The molecular weight excluding hydrogens is 338 g/mol. The lowest BCUT2D eigenvalue weighted by Gasteiger charge is -2.17. The standard InChI is InChI=1S/C22H23N3O2/c1-25(16-17-8-4-3-5-9-17)22(26)20-13-12-19(15-24-20)23-14-18-10-6-7-11-21(18)27-2/h3-13,15,23H,14,16H2,1-2H3. The van der Waals surface area contributed by atoms with E-state index in [1.165, 1.54) is 0 Å². The van der Waals surface area contributed by atoms with E-state index in [0.717, 1.165) is 22.6 Å². The van der Waals surface area contributed by atoms with Crippen LogP contribution in [0.4, 0.5) is 5.69 Å².